The number of carbonyl (C=O) groups is 2. The number of hydrogen-bond acceptors (Lipinski definition) is 3. The molecule has 2 rings (SSSR count). The van der Waals surface area contributed by atoms with E-state index in [4.69, 9.17) is 5.11 Å². The van der Waals surface area contributed by atoms with Gasteiger partial charge in [-0.15, -0.1) is 0 Å². The monoisotopic (exact) mass is 264 g/mol. The highest BCUT2D eigenvalue weighted by atomic mass is 16.4. The number of aromatic carboxylic acids is 1. The molecule has 1 aromatic rings. The summed E-state index contributed by atoms with van der Waals surface area (Å²) < 4.78 is 1.52. The summed E-state index contributed by atoms with van der Waals surface area (Å²) in [5.41, 5.74) is -0.253. The minimum atomic E-state index is -1.27. The highest BCUT2D eigenvalue weighted by Gasteiger charge is 2.19. The van der Waals surface area contributed by atoms with E-state index in [0.29, 0.717) is 5.69 Å². The van der Waals surface area contributed by atoms with Crippen molar-refractivity contribution >= 4 is 11.9 Å². The van der Waals surface area contributed by atoms with Crippen LogP contribution in [0.3, 0.4) is 0 Å². The lowest BCUT2D eigenvalue weighted by atomic mass is 10.2. The second kappa shape index (κ2) is 5.26. The van der Waals surface area contributed by atoms with Crippen LogP contribution in [-0.2, 0) is 11.3 Å². The minimum Gasteiger partial charge on any atom is -0.477 e. The van der Waals surface area contributed by atoms with Crippen molar-refractivity contribution in [3.05, 3.63) is 33.7 Å². The Morgan fingerprint density at radius 2 is 1.95 bits per heavy atom. The van der Waals surface area contributed by atoms with E-state index >= 15 is 0 Å². The summed E-state index contributed by atoms with van der Waals surface area (Å²) in [4.78, 5) is 36.2. The van der Waals surface area contributed by atoms with Crippen molar-refractivity contribution in [3.63, 3.8) is 0 Å². The number of carboxylic acid groups (broad SMARTS) is 1. The van der Waals surface area contributed by atoms with Gasteiger partial charge in [0.15, 0.2) is 5.43 Å². The number of pyridine rings is 1. The number of carboxylic acids is 1. The first kappa shape index (κ1) is 13.3. The number of likely N-dealkylation sites (tertiary alicyclic amines) is 1. The van der Waals surface area contributed by atoms with Gasteiger partial charge in [0, 0.05) is 31.0 Å². The van der Waals surface area contributed by atoms with Crippen molar-refractivity contribution in [2.75, 3.05) is 13.1 Å². The van der Waals surface area contributed by atoms with Gasteiger partial charge in [0.2, 0.25) is 5.91 Å². The Labute approximate surface area is 110 Å². The zero-order valence-corrected chi connectivity index (χ0v) is 10.8. The molecule has 1 fully saturated rings. The first-order valence-electron chi connectivity index (χ1n) is 6.21. The Balaban J connectivity index is 2.24. The van der Waals surface area contributed by atoms with Crippen LogP contribution in [0.5, 0.6) is 0 Å². The second-order valence-corrected chi connectivity index (χ2v) is 4.71. The van der Waals surface area contributed by atoms with Gasteiger partial charge in [-0.1, -0.05) is 0 Å². The summed E-state index contributed by atoms with van der Waals surface area (Å²) in [6.45, 7) is 3.27. The molecule has 1 saturated heterocycles. The lowest BCUT2D eigenvalue weighted by Crippen LogP contribution is -2.32. The van der Waals surface area contributed by atoms with Crippen molar-refractivity contribution in [2.24, 2.45) is 0 Å². The Bertz CT molecular complexity index is 570. The fourth-order valence-corrected chi connectivity index (χ4v) is 2.21. The third-order valence-electron chi connectivity index (χ3n) is 3.34. The third kappa shape index (κ3) is 2.83. The van der Waals surface area contributed by atoms with Crippen molar-refractivity contribution in [2.45, 2.75) is 26.3 Å². The first-order valence-corrected chi connectivity index (χ1v) is 6.21. The largest absolute Gasteiger partial charge is 0.477 e. The molecule has 0 bridgehead atoms. The van der Waals surface area contributed by atoms with E-state index in [0.717, 1.165) is 25.9 Å². The van der Waals surface area contributed by atoms with Gasteiger partial charge in [0.25, 0.3) is 0 Å². The van der Waals surface area contributed by atoms with E-state index in [1.807, 2.05) is 0 Å². The summed E-state index contributed by atoms with van der Waals surface area (Å²) in [6.07, 6.45) is 3.26. The quantitative estimate of drug-likeness (QED) is 0.861. The summed E-state index contributed by atoms with van der Waals surface area (Å²) in [5, 5.41) is 8.92. The fraction of sp³-hybridized carbons (Fsp3) is 0.462. The summed E-state index contributed by atoms with van der Waals surface area (Å²) in [5.74, 6) is -1.31. The van der Waals surface area contributed by atoms with Crippen LogP contribution in [0.1, 0.15) is 28.9 Å². The topological polar surface area (TPSA) is 79.6 Å². The van der Waals surface area contributed by atoms with Crippen molar-refractivity contribution in [3.8, 4) is 0 Å². The van der Waals surface area contributed by atoms with Crippen LogP contribution in [0.25, 0.3) is 0 Å². The zero-order valence-electron chi connectivity index (χ0n) is 10.8. The second-order valence-electron chi connectivity index (χ2n) is 4.71. The number of aromatic nitrogens is 1. The molecule has 2 heterocycles. The van der Waals surface area contributed by atoms with E-state index in [-0.39, 0.29) is 18.0 Å². The van der Waals surface area contributed by atoms with Crippen LogP contribution in [0.4, 0.5) is 0 Å². The maximum absolute atomic E-state index is 12.0. The van der Waals surface area contributed by atoms with Crippen LogP contribution >= 0.6 is 0 Å². The standard InChI is InChI=1S/C13H16N2O4/c1-9-6-11(16)10(13(18)19)7-15(9)8-12(17)14-4-2-3-5-14/h6-7H,2-5,8H2,1H3,(H,18,19). The Morgan fingerprint density at radius 1 is 1.32 bits per heavy atom. The van der Waals surface area contributed by atoms with E-state index in [1.54, 1.807) is 11.8 Å². The van der Waals surface area contributed by atoms with Crippen LogP contribution in [0.15, 0.2) is 17.1 Å². The Hall–Kier alpha value is -2.11. The maximum Gasteiger partial charge on any atom is 0.341 e. The van der Waals surface area contributed by atoms with Crippen molar-refractivity contribution < 1.29 is 14.7 Å². The summed E-state index contributed by atoms with van der Waals surface area (Å²) in [7, 11) is 0. The van der Waals surface area contributed by atoms with Gasteiger partial charge in [-0.3, -0.25) is 9.59 Å². The SMILES string of the molecule is Cc1cc(=O)c(C(=O)O)cn1CC(=O)N1CCCC1. The number of rotatable bonds is 3. The molecule has 0 saturated carbocycles. The van der Waals surface area contributed by atoms with Gasteiger partial charge >= 0.3 is 5.97 Å². The number of nitrogens with zero attached hydrogens (tertiary/aromatic N) is 2. The molecule has 0 unspecified atom stereocenters. The van der Waals surface area contributed by atoms with Crippen molar-refractivity contribution in [1.82, 2.24) is 9.47 Å². The van der Waals surface area contributed by atoms with Gasteiger partial charge in [-0.25, -0.2) is 4.79 Å². The number of carbonyl (C=O) groups excluding carboxylic acids is 1. The van der Waals surface area contributed by atoms with Crippen LogP contribution in [-0.4, -0.2) is 39.5 Å². The molecule has 19 heavy (non-hydrogen) atoms. The van der Waals surface area contributed by atoms with E-state index in [2.05, 4.69) is 0 Å². The molecular weight excluding hydrogens is 248 g/mol. The smallest absolute Gasteiger partial charge is 0.341 e. The predicted octanol–water partition coefficient (Wildman–Crippen LogP) is 0.477. The highest BCUT2D eigenvalue weighted by molar-refractivity contribution is 5.87. The average molecular weight is 264 g/mol. The molecule has 1 aromatic heterocycles. The molecule has 0 atom stereocenters. The molecule has 0 radical (unpaired) electrons. The lowest BCUT2D eigenvalue weighted by molar-refractivity contribution is -0.130. The highest BCUT2D eigenvalue weighted by Crippen LogP contribution is 2.09. The van der Waals surface area contributed by atoms with Gasteiger partial charge in [0.05, 0.1) is 0 Å². The molecule has 6 heteroatoms. The van der Waals surface area contributed by atoms with Crippen LogP contribution in [0, 0.1) is 6.92 Å². The normalized spacial score (nSPS) is 14.7. The number of aryl methyl sites for hydroxylation is 1. The molecule has 102 valence electrons. The molecule has 1 aliphatic rings. The molecule has 6 nitrogen and oxygen atoms in total. The van der Waals surface area contributed by atoms with Crippen molar-refractivity contribution in [1.29, 1.82) is 0 Å². The summed E-state index contributed by atoms with van der Waals surface area (Å²) in [6, 6.07) is 1.25. The molecule has 1 N–H and O–H groups in total. The van der Waals surface area contributed by atoms with Gasteiger partial charge in [-0.2, -0.15) is 0 Å². The molecular formula is C13H16N2O4. The van der Waals surface area contributed by atoms with Crippen LogP contribution in [0.2, 0.25) is 0 Å². The van der Waals surface area contributed by atoms with Gasteiger partial charge < -0.3 is 14.6 Å². The predicted molar refractivity (Wildman–Crippen MR) is 68.2 cm³/mol. The average Bonchev–Trinajstić information content (AvgIpc) is 2.85. The summed E-state index contributed by atoms with van der Waals surface area (Å²) >= 11 is 0. The molecule has 1 aliphatic heterocycles. The lowest BCUT2D eigenvalue weighted by Gasteiger charge is -2.18. The first-order chi connectivity index (χ1) is 8.99. The number of hydrogen-bond donors (Lipinski definition) is 1. The van der Waals surface area contributed by atoms with E-state index in [1.165, 1.54) is 16.8 Å². The zero-order chi connectivity index (χ0) is 14.0. The minimum absolute atomic E-state index is 0.0411. The molecule has 0 aromatic carbocycles. The molecule has 0 spiro atoms. The maximum atomic E-state index is 12.0. The Morgan fingerprint density at radius 3 is 2.53 bits per heavy atom. The third-order valence-corrected chi connectivity index (χ3v) is 3.34. The number of amides is 1. The van der Waals surface area contributed by atoms with Crippen LogP contribution < -0.4 is 5.43 Å². The van der Waals surface area contributed by atoms with Gasteiger partial charge in [-0.05, 0) is 19.8 Å². The van der Waals surface area contributed by atoms with Gasteiger partial charge in [0.1, 0.15) is 12.1 Å². The Kier molecular flexibility index (Phi) is 3.69. The van der Waals surface area contributed by atoms with E-state index < -0.39 is 11.4 Å². The van der Waals surface area contributed by atoms with E-state index in [9.17, 15) is 14.4 Å². The fourth-order valence-electron chi connectivity index (χ4n) is 2.21. The molecule has 1 amide bonds. The molecule has 0 aliphatic carbocycles.